The van der Waals surface area contributed by atoms with Crippen molar-refractivity contribution >= 4 is 22.1 Å². The number of ether oxygens (including phenoxy) is 1. The first kappa shape index (κ1) is 21.4. The van der Waals surface area contributed by atoms with Crippen molar-refractivity contribution in [1.29, 1.82) is 0 Å². The fraction of sp³-hybridized carbons (Fsp3) is 0.192. The van der Waals surface area contributed by atoms with E-state index in [4.69, 9.17) is 9.84 Å². The Labute approximate surface area is 192 Å². The fourth-order valence-electron chi connectivity index (χ4n) is 4.78. The van der Waals surface area contributed by atoms with E-state index in [9.17, 15) is 13.2 Å². The van der Waals surface area contributed by atoms with E-state index in [0.29, 0.717) is 17.7 Å². The third-order valence-corrected chi connectivity index (χ3v) is 7.79. The minimum absolute atomic E-state index is 0.114. The number of fused-ring (bicyclic) bond motifs is 3. The van der Waals surface area contributed by atoms with Gasteiger partial charge in [0.25, 0.3) is 0 Å². The van der Waals surface area contributed by atoms with Crippen LogP contribution in [0.4, 0.5) is 0 Å². The third-order valence-electron chi connectivity index (χ3n) is 6.28. The van der Waals surface area contributed by atoms with Crippen molar-refractivity contribution < 1.29 is 23.1 Å². The summed E-state index contributed by atoms with van der Waals surface area (Å²) in [5, 5.41) is 8.94. The van der Waals surface area contributed by atoms with Crippen LogP contribution < -0.4 is 9.46 Å². The summed E-state index contributed by atoms with van der Waals surface area (Å²) in [5.74, 6) is -0.507. The first-order valence-corrected chi connectivity index (χ1v) is 12.3. The standard InChI is InChI=1S/C26H23NO5S/c28-24(29)16-11-19-7-4-8-21-25-22(14-15-23(25)32-26(19)21)27-33(30,31)20-12-9-18(10-13-20)17-5-2-1-3-6-17/h1-13,16,22-23,25,27H,14-15H2,(H,28,29)/b16-11+. The highest BCUT2D eigenvalue weighted by atomic mass is 32.2. The monoisotopic (exact) mass is 461 g/mol. The molecule has 2 aliphatic rings. The molecule has 0 spiro atoms. The fourth-order valence-corrected chi connectivity index (χ4v) is 6.08. The van der Waals surface area contributed by atoms with Crippen LogP contribution in [0.2, 0.25) is 0 Å². The van der Waals surface area contributed by atoms with Crippen LogP contribution in [-0.2, 0) is 14.8 Å². The molecule has 0 radical (unpaired) electrons. The van der Waals surface area contributed by atoms with Gasteiger partial charge in [-0.2, -0.15) is 0 Å². The zero-order valence-electron chi connectivity index (χ0n) is 17.7. The quantitative estimate of drug-likeness (QED) is 0.530. The lowest BCUT2D eigenvalue weighted by Gasteiger charge is -2.20. The summed E-state index contributed by atoms with van der Waals surface area (Å²) in [5.41, 5.74) is 3.58. The van der Waals surface area contributed by atoms with E-state index >= 15 is 0 Å². The number of hydrogen-bond acceptors (Lipinski definition) is 4. The summed E-state index contributed by atoms with van der Waals surface area (Å²) in [4.78, 5) is 11.1. The molecule has 0 amide bonds. The Bertz CT molecular complexity index is 1320. The number of rotatable bonds is 6. The van der Waals surface area contributed by atoms with E-state index < -0.39 is 16.0 Å². The number of carboxylic acids is 1. The molecule has 168 valence electrons. The number of nitrogens with one attached hydrogen (secondary N) is 1. The molecule has 1 saturated carbocycles. The van der Waals surface area contributed by atoms with Gasteiger partial charge in [0.05, 0.1) is 4.90 Å². The molecule has 7 heteroatoms. The summed E-state index contributed by atoms with van der Waals surface area (Å²) < 4.78 is 35.3. The second-order valence-electron chi connectivity index (χ2n) is 8.31. The van der Waals surface area contributed by atoms with Gasteiger partial charge < -0.3 is 9.84 Å². The van der Waals surface area contributed by atoms with E-state index in [0.717, 1.165) is 29.2 Å². The van der Waals surface area contributed by atoms with Crippen molar-refractivity contribution in [3.8, 4) is 16.9 Å². The van der Waals surface area contributed by atoms with E-state index in [1.807, 2.05) is 54.6 Å². The minimum atomic E-state index is -3.71. The number of carboxylic acid groups (broad SMARTS) is 1. The van der Waals surface area contributed by atoms with Gasteiger partial charge in [-0.1, -0.05) is 60.7 Å². The Balaban J connectivity index is 1.38. The highest BCUT2D eigenvalue weighted by Crippen LogP contribution is 2.49. The first-order valence-electron chi connectivity index (χ1n) is 10.8. The van der Waals surface area contributed by atoms with Crippen LogP contribution in [0.25, 0.3) is 17.2 Å². The Kier molecular flexibility index (Phi) is 5.52. The summed E-state index contributed by atoms with van der Waals surface area (Å²) in [7, 11) is -3.71. The molecule has 3 atom stereocenters. The Morgan fingerprint density at radius 2 is 1.67 bits per heavy atom. The van der Waals surface area contributed by atoms with Crippen molar-refractivity contribution in [1.82, 2.24) is 4.72 Å². The normalized spacial score (nSPS) is 21.5. The minimum Gasteiger partial charge on any atom is -0.489 e. The Hall–Kier alpha value is -3.42. The van der Waals surface area contributed by atoms with Crippen LogP contribution in [0.15, 0.2) is 83.8 Å². The van der Waals surface area contributed by atoms with Gasteiger partial charge in [-0.25, -0.2) is 17.9 Å². The molecule has 33 heavy (non-hydrogen) atoms. The molecule has 3 aromatic rings. The average molecular weight is 462 g/mol. The smallest absolute Gasteiger partial charge is 0.328 e. The number of hydrogen-bond donors (Lipinski definition) is 2. The lowest BCUT2D eigenvalue weighted by molar-refractivity contribution is -0.131. The maximum atomic E-state index is 13.2. The summed E-state index contributed by atoms with van der Waals surface area (Å²) in [6, 6.07) is 22.0. The molecule has 6 nitrogen and oxygen atoms in total. The highest BCUT2D eigenvalue weighted by molar-refractivity contribution is 7.89. The van der Waals surface area contributed by atoms with Crippen LogP contribution in [0.5, 0.6) is 5.75 Å². The number of sulfonamides is 1. The molecule has 1 heterocycles. The molecule has 3 aromatic carbocycles. The predicted molar refractivity (Wildman–Crippen MR) is 125 cm³/mol. The van der Waals surface area contributed by atoms with Gasteiger partial charge in [0.1, 0.15) is 11.9 Å². The molecule has 5 rings (SSSR count). The lowest BCUT2D eigenvalue weighted by Crippen LogP contribution is -2.37. The second kappa shape index (κ2) is 8.50. The molecule has 1 aliphatic heterocycles. The largest absolute Gasteiger partial charge is 0.489 e. The molecular weight excluding hydrogens is 438 g/mol. The lowest BCUT2D eigenvalue weighted by atomic mass is 9.93. The van der Waals surface area contributed by atoms with Crippen LogP contribution in [0, 0.1) is 0 Å². The maximum absolute atomic E-state index is 13.2. The number of aliphatic carboxylic acids is 1. The van der Waals surface area contributed by atoms with Crippen molar-refractivity contribution in [3.05, 3.63) is 90.0 Å². The molecular formula is C26H23NO5S. The van der Waals surface area contributed by atoms with Gasteiger partial charge >= 0.3 is 5.97 Å². The topological polar surface area (TPSA) is 92.7 Å². The van der Waals surface area contributed by atoms with Gasteiger partial charge in [-0.05, 0) is 42.2 Å². The SMILES string of the molecule is O=C(O)/C=C/c1cccc2c1OC1CCC(NS(=O)(=O)c3ccc(-c4ccccc4)cc3)C21. The van der Waals surface area contributed by atoms with Crippen molar-refractivity contribution in [2.24, 2.45) is 0 Å². The molecule has 0 saturated heterocycles. The van der Waals surface area contributed by atoms with Gasteiger partial charge in [-0.3, -0.25) is 0 Å². The molecule has 1 fully saturated rings. The van der Waals surface area contributed by atoms with Gasteiger partial charge in [-0.15, -0.1) is 0 Å². The van der Waals surface area contributed by atoms with Gasteiger partial charge in [0.2, 0.25) is 10.0 Å². The Morgan fingerprint density at radius 3 is 2.39 bits per heavy atom. The third kappa shape index (κ3) is 4.17. The predicted octanol–water partition coefficient (Wildman–Crippen LogP) is 4.44. The van der Waals surface area contributed by atoms with E-state index in [1.165, 1.54) is 6.08 Å². The maximum Gasteiger partial charge on any atom is 0.328 e. The Morgan fingerprint density at radius 1 is 0.939 bits per heavy atom. The van der Waals surface area contributed by atoms with Crippen LogP contribution in [0.3, 0.4) is 0 Å². The second-order valence-corrected chi connectivity index (χ2v) is 10.0. The zero-order chi connectivity index (χ0) is 23.0. The van der Waals surface area contributed by atoms with Crippen molar-refractivity contribution in [2.45, 2.75) is 35.8 Å². The van der Waals surface area contributed by atoms with Crippen LogP contribution in [0.1, 0.15) is 29.9 Å². The number of benzene rings is 3. The summed E-state index contributed by atoms with van der Waals surface area (Å²) >= 11 is 0. The highest BCUT2D eigenvalue weighted by Gasteiger charge is 2.46. The van der Waals surface area contributed by atoms with Gasteiger partial charge in [0.15, 0.2) is 0 Å². The molecule has 1 aliphatic carbocycles. The molecule has 3 unspecified atom stereocenters. The number of carbonyl (C=O) groups is 1. The van der Waals surface area contributed by atoms with Crippen LogP contribution >= 0.6 is 0 Å². The van der Waals surface area contributed by atoms with E-state index in [2.05, 4.69) is 4.72 Å². The van der Waals surface area contributed by atoms with Crippen molar-refractivity contribution in [2.75, 3.05) is 0 Å². The molecule has 2 N–H and O–H groups in total. The molecule has 0 bridgehead atoms. The van der Waals surface area contributed by atoms with E-state index in [1.54, 1.807) is 18.2 Å². The first-order chi connectivity index (χ1) is 15.9. The summed E-state index contributed by atoms with van der Waals surface area (Å²) in [6.07, 6.45) is 3.85. The summed E-state index contributed by atoms with van der Waals surface area (Å²) in [6.45, 7) is 0. The zero-order valence-corrected chi connectivity index (χ0v) is 18.5. The van der Waals surface area contributed by atoms with E-state index in [-0.39, 0.29) is 23.0 Å². The number of para-hydroxylation sites is 1. The van der Waals surface area contributed by atoms with Crippen LogP contribution in [-0.4, -0.2) is 31.6 Å². The van der Waals surface area contributed by atoms with Crippen molar-refractivity contribution in [3.63, 3.8) is 0 Å². The van der Waals surface area contributed by atoms with Gasteiger partial charge in [0, 0.05) is 29.2 Å². The molecule has 0 aromatic heterocycles. The average Bonchev–Trinajstić information content (AvgIpc) is 3.38.